The Labute approximate surface area is 280 Å². The predicted octanol–water partition coefficient (Wildman–Crippen LogP) is 10.7. The van der Waals surface area contributed by atoms with Gasteiger partial charge in [-0.25, -0.2) is 0 Å². The Morgan fingerprint density at radius 3 is 1.44 bits per heavy atom. The van der Waals surface area contributed by atoms with E-state index < -0.39 is 5.97 Å². The van der Waals surface area contributed by atoms with Crippen LogP contribution in [0.4, 0.5) is 11.4 Å². The molecule has 6 aromatic carbocycles. The molecule has 0 bridgehead atoms. The first-order valence-corrected chi connectivity index (χ1v) is 15.8. The molecular formula is C42H34N2O4. The quantitative estimate of drug-likeness (QED) is 0.0811. The molecule has 0 aliphatic carbocycles. The standard InChI is InChI=1S/C42H34N2O4/c1-30(32-24-26-36(27-25-32)34-14-6-3-7-15-34)28-41(45)47-39-18-10-8-16-37(39)43-44-38-17-9-11-19-40(38)48-42(46)29-31-20-22-35(23-21-31)33-12-4-2-5-13-33/h2-27,30H,28-29H2,1H3/t30-/m1/s1. The van der Waals surface area contributed by atoms with Gasteiger partial charge in [-0.3, -0.25) is 9.59 Å². The third-order valence-corrected chi connectivity index (χ3v) is 7.91. The minimum absolute atomic E-state index is 0.0422. The van der Waals surface area contributed by atoms with Gasteiger partial charge in [-0.1, -0.05) is 140 Å². The number of rotatable bonds is 11. The highest BCUT2D eigenvalue weighted by molar-refractivity contribution is 5.78. The predicted molar refractivity (Wildman–Crippen MR) is 189 cm³/mol. The van der Waals surface area contributed by atoms with Crippen LogP contribution in [-0.2, 0) is 16.0 Å². The van der Waals surface area contributed by atoms with Crippen molar-refractivity contribution in [2.45, 2.75) is 25.7 Å². The zero-order valence-electron chi connectivity index (χ0n) is 26.5. The summed E-state index contributed by atoms with van der Waals surface area (Å²) >= 11 is 0. The average Bonchev–Trinajstić information content (AvgIpc) is 3.13. The third-order valence-electron chi connectivity index (χ3n) is 7.91. The Morgan fingerprint density at radius 1 is 0.500 bits per heavy atom. The Balaban J connectivity index is 1.07. The summed E-state index contributed by atoms with van der Waals surface area (Å²) in [5, 5.41) is 8.70. The highest BCUT2D eigenvalue weighted by Crippen LogP contribution is 2.33. The van der Waals surface area contributed by atoms with E-state index in [9.17, 15) is 9.59 Å². The first kappa shape index (κ1) is 31.8. The number of azo groups is 1. The van der Waals surface area contributed by atoms with Crippen LogP contribution in [0.25, 0.3) is 22.3 Å². The molecule has 6 aromatic rings. The van der Waals surface area contributed by atoms with Crippen molar-refractivity contribution in [2.75, 3.05) is 0 Å². The molecule has 48 heavy (non-hydrogen) atoms. The van der Waals surface area contributed by atoms with Gasteiger partial charge in [0.15, 0.2) is 11.5 Å². The lowest BCUT2D eigenvalue weighted by atomic mass is 9.95. The summed E-state index contributed by atoms with van der Waals surface area (Å²) in [5.74, 6) is -0.244. The van der Waals surface area contributed by atoms with Gasteiger partial charge in [-0.2, -0.15) is 0 Å². The van der Waals surface area contributed by atoms with Crippen LogP contribution >= 0.6 is 0 Å². The number of hydrogen-bond donors (Lipinski definition) is 0. The fourth-order valence-corrected chi connectivity index (χ4v) is 5.30. The SMILES string of the molecule is C[C@H](CC(=O)Oc1ccccc1N=Nc1ccccc1OC(=O)Cc1ccc(-c2ccccc2)cc1)c1ccc(-c2ccccc2)cc1. The Bertz CT molecular complexity index is 2010. The summed E-state index contributed by atoms with van der Waals surface area (Å²) in [4.78, 5) is 25.8. The van der Waals surface area contributed by atoms with Crippen LogP contribution in [0, 0.1) is 0 Å². The van der Waals surface area contributed by atoms with E-state index in [1.165, 1.54) is 0 Å². The molecule has 0 aliphatic rings. The molecule has 6 rings (SSSR count). The monoisotopic (exact) mass is 630 g/mol. The molecular weight excluding hydrogens is 596 g/mol. The summed E-state index contributed by atoms with van der Waals surface area (Å²) < 4.78 is 11.4. The van der Waals surface area contributed by atoms with Gasteiger partial charge in [0, 0.05) is 0 Å². The third kappa shape index (κ3) is 8.36. The minimum atomic E-state index is -0.414. The average molecular weight is 631 g/mol. The second kappa shape index (κ2) is 15.4. The lowest BCUT2D eigenvalue weighted by Crippen LogP contribution is -2.11. The maximum absolute atomic E-state index is 13.0. The molecule has 0 saturated carbocycles. The molecule has 0 amide bonds. The molecule has 0 aliphatic heterocycles. The van der Waals surface area contributed by atoms with Crippen LogP contribution in [-0.4, -0.2) is 11.9 Å². The van der Waals surface area contributed by atoms with Crippen molar-refractivity contribution in [1.29, 1.82) is 0 Å². The molecule has 0 aromatic heterocycles. The second-order valence-corrected chi connectivity index (χ2v) is 11.4. The first-order chi connectivity index (χ1) is 23.5. The molecule has 0 N–H and O–H groups in total. The molecule has 236 valence electrons. The van der Waals surface area contributed by atoms with E-state index in [4.69, 9.17) is 9.47 Å². The van der Waals surface area contributed by atoms with E-state index in [2.05, 4.69) is 34.5 Å². The molecule has 6 nitrogen and oxygen atoms in total. The van der Waals surface area contributed by atoms with Gasteiger partial charge in [-0.05, 0) is 63.6 Å². The zero-order chi connectivity index (χ0) is 33.1. The van der Waals surface area contributed by atoms with Gasteiger partial charge in [0.25, 0.3) is 0 Å². The summed E-state index contributed by atoms with van der Waals surface area (Å²) in [6.45, 7) is 2.00. The number of benzene rings is 6. The van der Waals surface area contributed by atoms with E-state index in [0.717, 1.165) is 33.4 Å². The molecule has 6 heteroatoms. The van der Waals surface area contributed by atoms with Crippen molar-refractivity contribution in [3.05, 3.63) is 169 Å². The van der Waals surface area contributed by atoms with Crippen LogP contribution in [0.5, 0.6) is 11.5 Å². The van der Waals surface area contributed by atoms with Gasteiger partial charge in [0.2, 0.25) is 0 Å². The van der Waals surface area contributed by atoms with Gasteiger partial charge in [0.1, 0.15) is 11.4 Å². The van der Waals surface area contributed by atoms with Crippen molar-refractivity contribution in [1.82, 2.24) is 0 Å². The van der Waals surface area contributed by atoms with E-state index in [-0.39, 0.29) is 30.5 Å². The largest absolute Gasteiger partial charge is 0.424 e. The van der Waals surface area contributed by atoms with Crippen LogP contribution in [0.3, 0.4) is 0 Å². The fraction of sp³-hybridized carbons (Fsp3) is 0.0952. The normalized spacial score (nSPS) is 11.6. The number of carbonyl (C=O) groups excluding carboxylic acids is 2. The molecule has 1 atom stereocenters. The number of carbonyl (C=O) groups is 2. The second-order valence-electron chi connectivity index (χ2n) is 11.4. The molecule has 0 unspecified atom stereocenters. The van der Waals surface area contributed by atoms with Crippen molar-refractivity contribution in [3.8, 4) is 33.8 Å². The lowest BCUT2D eigenvalue weighted by Gasteiger charge is -2.13. The summed E-state index contributed by atoms with van der Waals surface area (Å²) in [6.07, 6.45) is 0.304. The van der Waals surface area contributed by atoms with Crippen molar-refractivity contribution >= 4 is 23.3 Å². The van der Waals surface area contributed by atoms with E-state index >= 15 is 0 Å². The van der Waals surface area contributed by atoms with Gasteiger partial charge in [-0.15, -0.1) is 10.2 Å². The van der Waals surface area contributed by atoms with Gasteiger partial charge >= 0.3 is 11.9 Å². The Morgan fingerprint density at radius 2 is 0.917 bits per heavy atom. The van der Waals surface area contributed by atoms with E-state index in [1.807, 2.05) is 91.9 Å². The molecule has 0 fully saturated rings. The van der Waals surface area contributed by atoms with E-state index in [0.29, 0.717) is 17.1 Å². The summed E-state index contributed by atoms with van der Waals surface area (Å²) in [6, 6.07) is 50.2. The summed E-state index contributed by atoms with van der Waals surface area (Å²) in [5.41, 5.74) is 7.10. The number of ether oxygens (including phenoxy) is 2. The smallest absolute Gasteiger partial charge is 0.315 e. The van der Waals surface area contributed by atoms with Crippen LogP contribution in [0.1, 0.15) is 30.4 Å². The van der Waals surface area contributed by atoms with Gasteiger partial charge in [0.05, 0.1) is 12.8 Å². The van der Waals surface area contributed by atoms with Crippen LogP contribution in [0.2, 0.25) is 0 Å². The van der Waals surface area contributed by atoms with Crippen molar-refractivity contribution in [2.24, 2.45) is 10.2 Å². The maximum atomic E-state index is 13.0. The van der Waals surface area contributed by atoms with Gasteiger partial charge < -0.3 is 9.47 Å². The summed E-state index contributed by atoms with van der Waals surface area (Å²) in [7, 11) is 0. The number of esters is 2. The Hall–Kier alpha value is -6.14. The molecule has 0 saturated heterocycles. The van der Waals surface area contributed by atoms with E-state index in [1.54, 1.807) is 48.5 Å². The highest BCUT2D eigenvalue weighted by Gasteiger charge is 2.16. The van der Waals surface area contributed by atoms with Crippen molar-refractivity contribution in [3.63, 3.8) is 0 Å². The van der Waals surface area contributed by atoms with Crippen LogP contribution in [0.15, 0.2) is 168 Å². The lowest BCUT2D eigenvalue weighted by molar-refractivity contribution is -0.135. The van der Waals surface area contributed by atoms with Crippen LogP contribution < -0.4 is 9.47 Å². The fourth-order valence-electron chi connectivity index (χ4n) is 5.30. The number of hydrogen-bond acceptors (Lipinski definition) is 6. The highest BCUT2D eigenvalue weighted by atomic mass is 16.5. The minimum Gasteiger partial charge on any atom is -0.424 e. The molecule has 0 radical (unpaired) electrons. The topological polar surface area (TPSA) is 77.3 Å². The van der Waals surface area contributed by atoms with Crippen molar-refractivity contribution < 1.29 is 19.1 Å². The molecule has 0 heterocycles. The molecule has 0 spiro atoms. The number of nitrogens with zero attached hydrogens (tertiary/aromatic N) is 2. The Kier molecular flexibility index (Phi) is 10.2. The number of para-hydroxylation sites is 2. The zero-order valence-corrected chi connectivity index (χ0v) is 26.5. The maximum Gasteiger partial charge on any atom is 0.315 e. The first-order valence-electron chi connectivity index (χ1n) is 15.8.